The molecule has 1 aliphatic heterocycles. The second-order valence-electron chi connectivity index (χ2n) is 4.41. The lowest BCUT2D eigenvalue weighted by molar-refractivity contribution is -0.150. The van der Waals surface area contributed by atoms with Gasteiger partial charge in [0.1, 0.15) is 16.5 Å². The molecule has 5 nitrogen and oxygen atoms in total. The predicted octanol–water partition coefficient (Wildman–Crippen LogP) is 2.50. The Kier molecular flexibility index (Phi) is 4.18. The van der Waals surface area contributed by atoms with Gasteiger partial charge >= 0.3 is 5.97 Å². The largest absolute Gasteiger partial charge is 0.505 e. The molecule has 0 radical (unpaired) electrons. The average molecular weight is 299 g/mol. The number of halogens is 1. The zero-order valence-corrected chi connectivity index (χ0v) is 12.0. The molecular weight excluding hydrogens is 284 g/mol. The van der Waals surface area contributed by atoms with Crippen LogP contribution in [0.25, 0.3) is 0 Å². The molecule has 1 atom stereocenters. The van der Waals surface area contributed by atoms with E-state index in [1.165, 1.54) is 6.07 Å². The summed E-state index contributed by atoms with van der Waals surface area (Å²) in [5, 5.41) is 9.91. The molecule has 0 spiro atoms. The Morgan fingerprint density at radius 2 is 2.20 bits per heavy atom. The third-order valence-corrected chi connectivity index (χ3v) is 3.46. The number of benzene rings is 1. The van der Waals surface area contributed by atoms with Gasteiger partial charge in [0.2, 0.25) is 0 Å². The second-order valence-corrected chi connectivity index (χ2v) is 4.79. The number of phenols is 1. The van der Waals surface area contributed by atoms with Gasteiger partial charge in [-0.2, -0.15) is 0 Å². The van der Waals surface area contributed by atoms with E-state index in [0.717, 1.165) is 0 Å². The zero-order chi connectivity index (χ0) is 14.9. The maximum atomic E-state index is 11.8. The van der Waals surface area contributed by atoms with Crippen molar-refractivity contribution in [3.8, 4) is 11.5 Å². The Morgan fingerprint density at radius 3 is 2.80 bits per heavy atom. The standard InChI is InChI=1S/C14H15ClO5/c1-3-9(16)8-5-7-6-10(14(18)19-4-2)20-13(7)11(15)12(8)17/h5,10,17H,3-4,6H2,1-2H3. The fourth-order valence-electron chi connectivity index (χ4n) is 2.11. The van der Waals surface area contributed by atoms with E-state index in [0.29, 0.717) is 5.56 Å². The number of hydrogen-bond donors (Lipinski definition) is 1. The van der Waals surface area contributed by atoms with Crippen LogP contribution in [0.15, 0.2) is 6.07 Å². The van der Waals surface area contributed by atoms with Gasteiger partial charge in [-0.1, -0.05) is 18.5 Å². The Hall–Kier alpha value is -1.75. The first kappa shape index (κ1) is 14.7. The van der Waals surface area contributed by atoms with E-state index in [-0.39, 0.29) is 47.3 Å². The first-order chi connectivity index (χ1) is 9.49. The Labute approximate surface area is 121 Å². The number of esters is 1. The maximum Gasteiger partial charge on any atom is 0.347 e. The highest BCUT2D eigenvalue weighted by Gasteiger charge is 2.34. The van der Waals surface area contributed by atoms with Crippen molar-refractivity contribution in [3.63, 3.8) is 0 Å². The van der Waals surface area contributed by atoms with Crippen LogP contribution in [0.4, 0.5) is 0 Å². The van der Waals surface area contributed by atoms with Crippen molar-refractivity contribution in [2.75, 3.05) is 6.61 Å². The molecule has 0 saturated carbocycles. The lowest BCUT2D eigenvalue weighted by Crippen LogP contribution is -2.27. The molecule has 1 N–H and O–H groups in total. The lowest BCUT2D eigenvalue weighted by atomic mass is 10.0. The summed E-state index contributed by atoms with van der Waals surface area (Å²) in [7, 11) is 0. The number of ether oxygens (including phenoxy) is 2. The molecule has 1 aromatic rings. The monoisotopic (exact) mass is 298 g/mol. The highest BCUT2D eigenvalue weighted by Crippen LogP contribution is 2.44. The van der Waals surface area contributed by atoms with E-state index < -0.39 is 12.1 Å². The first-order valence-corrected chi connectivity index (χ1v) is 6.78. The fraction of sp³-hybridized carbons (Fsp3) is 0.429. The van der Waals surface area contributed by atoms with Crippen LogP contribution in [-0.4, -0.2) is 29.6 Å². The molecule has 6 heteroatoms. The number of rotatable bonds is 4. The molecule has 0 bridgehead atoms. The fourth-order valence-corrected chi connectivity index (χ4v) is 2.37. The van der Waals surface area contributed by atoms with E-state index in [1.54, 1.807) is 13.8 Å². The van der Waals surface area contributed by atoms with E-state index in [9.17, 15) is 14.7 Å². The van der Waals surface area contributed by atoms with Crippen molar-refractivity contribution >= 4 is 23.4 Å². The summed E-state index contributed by atoms with van der Waals surface area (Å²) in [6.45, 7) is 3.66. The van der Waals surface area contributed by atoms with Crippen LogP contribution < -0.4 is 4.74 Å². The molecule has 1 heterocycles. The number of hydrogen-bond acceptors (Lipinski definition) is 5. The minimum atomic E-state index is -0.783. The summed E-state index contributed by atoms with van der Waals surface area (Å²) < 4.78 is 10.3. The van der Waals surface area contributed by atoms with Crippen LogP contribution in [0.2, 0.25) is 5.02 Å². The molecule has 0 aliphatic carbocycles. The van der Waals surface area contributed by atoms with Gasteiger partial charge in [0.15, 0.2) is 11.9 Å². The van der Waals surface area contributed by atoms with Crippen LogP contribution >= 0.6 is 11.6 Å². The molecule has 0 saturated heterocycles. The molecule has 1 aromatic carbocycles. The summed E-state index contributed by atoms with van der Waals surface area (Å²) in [4.78, 5) is 23.4. The molecular formula is C14H15ClO5. The second kappa shape index (κ2) is 5.71. The van der Waals surface area contributed by atoms with E-state index in [2.05, 4.69) is 0 Å². The van der Waals surface area contributed by atoms with Gasteiger partial charge in [-0.25, -0.2) is 4.79 Å². The predicted molar refractivity (Wildman–Crippen MR) is 72.5 cm³/mol. The SMILES string of the molecule is CCOC(=O)C1Cc2cc(C(=O)CC)c(O)c(Cl)c2O1. The van der Waals surface area contributed by atoms with Crippen LogP contribution in [0.3, 0.4) is 0 Å². The topological polar surface area (TPSA) is 72.8 Å². The van der Waals surface area contributed by atoms with Crippen molar-refractivity contribution in [2.45, 2.75) is 32.8 Å². The van der Waals surface area contributed by atoms with Gasteiger partial charge in [0, 0.05) is 18.4 Å². The summed E-state index contributed by atoms with van der Waals surface area (Å²) >= 11 is 6.01. The highest BCUT2D eigenvalue weighted by molar-refractivity contribution is 6.34. The molecule has 0 fully saturated rings. The zero-order valence-electron chi connectivity index (χ0n) is 11.2. The molecule has 0 amide bonds. The number of fused-ring (bicyclic) bond motifs is 1. The Morgan fingerprint density at radius 1 is 1.50 bits per heavy atom. The normalized spacial score (nSPS) is 16.4. The molecule has 0 aromatic heterocycles. The summed E-state index contributed by atoms with van der Waals surface area (Å²) in [5.41, 5.74) is 0.784. The number of Topliss-reactive ketones (excluding diaryl/α,β-unsaturated/α-hetero) is 1. The van der Waals surface area contributed by atoms with Crippen molar-refractivity contribution in [1.29, 1.82) is 0 Å². The van der Waals surface area contributed by atoms with Crippen molar-refractivity contribution < 1.29 is 24.2 Å². The van der Waals surface area contributed by atoms with Crippen LogP contribution in [0, 0.1) is 0 Å². The number of phenolic OH excluding ortho intramolecular Hbond substituents is 1. The van der Waals surface area contributed by atoms with Crippen molar-refractivity contribution in [1.82, 2.24) is 0 Å². The molecule has 1 aliphatic rings. The van der Waals surface area contributed by atoms with Crippen LogP contribution in [0.5, 0.6) is 11.5 Å². The number of aromatic hydroxyl groups is 1. The van der Waals surface area contributed by atoms with Gasteiger partial charge in [-0.15, -0.1) is 0 Å². The highest BCUT2D eigenvalue weighted by atomic mass is 35.5. The summed E-state index contributed by atoms with van der Waals surface area (Å²) in [5.74, 6) is -0.758. The van der Waals surface area contributed by atoms with E-state index >= 15 is 0 Å². The number of carbonyl (C=O) groups is 2. The third-order valence-electron chi connectivity index (χ3n) is 3.11. The molecule has 2 rings (SSSR count). The summed E-state index contributed by atoms with van der Waals surface area (Å²) in [6.07, 6.45) is -0.253. The minimum Gasteiger partial charge on any atom is -0.505 e. The molecule has 108 valence electrons. The third kappa shape index (κ3) is 2.45. The van der Waals surface area contributed by atoms with Crippen molar-refractivity contribution in [3.05, 3.63) is 22.2 Å². The number of carbonyl (C=O) groups excluding carboxylic acids is 2. The minimum absolute atomic E-state index is 0.0360. The Bertz CT molecular complexity index is 567. The van der Waals surface area contributed by atoms with Gasteiger partial charge < -0.3 is 14.6 Å². The Balaban J connectivity index is 2.35. The molecule has 1 unspecified atom stereocenters. The van der Waals surface area contributed by atoms with E-state index in [1.807, 2.05) is 0 Å². The summed E-state index contributed by atoms with van der Waals surface area (Å²) in [6, 6.07) is 1.53. The lowest BCUT2D eigenvalue weighted by Gasteiger charge is -2.10. The van der Waals surface area contributed by atoms with Gasteiger partial charge in [-0.3, -0.25) is 4.79 Å². The van der Waals surface area contributed by atoms with E-state index in [4.69, 9.17) is 21.1 Å². The van der Waals surface area contributed by atoms with Crippen LogP contribution in [-0.2, 0) is 16.0 Å². The molecule has 20 heavy (non-hydrogen) atoms. The van der Waals surface area contributed by atoms with Crippen molar-refractivity contribution in [2.24, 2.45) is 0 Å². The van der Waals surface area contributed by atoms with Crippen LogP contribution in [0.1, 0.15) is 36.2 Å². The number of ketones is 1. The van der Waals surface area contributed by atoms with Gasteiger partial charge in [0.25, 0.3) is 0 Å². The van der Waals surface area contributed by atoms with Gasteiger partial charge in [-0.05, 0) is 13.0 Å². The van der Waals surface area contributed by atoms with Gasteiger partial charge in [0.05, 0.1) is 12.2 Å². The average Bonchev–Trinajstić information content (AvgIpc) is 2.86. The smallest absolute Gasteiger partial charge is 0.347 e. The quantitative estimate of drug-likeness (QED) is 0.683. The maximum absolute atomic E-state index is 11.8. The first-order valence-electron chi connectivity index (χ1n) is 6.40.